The van der Waals surface area contributed by atoms with Crippen LogP contribution >= 0.6 is 0 Å². The summed E-state index contributed by atoms with van der Waals surface area (Å²) in [6.07, 6.45) is 8.02. The number of sulfone groups is 1. The van der Waals surface area contributed by atoms with E-state index in [4.69, 9.17) is 0 Å². The largest absolute Gasteiger partial charge is 0.312 e. The molecular weight excluding hydrogens is 234 g/mol. The van der Waals surface area contributed by atoms with E-state index < -0.39 is 9.84 Å². The first kappa shape index (κ1) is 13.3. The third-order valence-electron chi connectivity index (χ3n) is 4.37. The molecule has 0 aromatic rings. The van der Waals surface area contributed by atoms with Gasteiger partial charge in [-0.2, -0.15) is 0 Å². The number of nitrogens with one attached hydrogen (secondary N) is 1. The van der Waals surface area contributed by atoms with Crippen molar-refractivity contribution >= 4 is 9.84 Å². The number of hydrogen-bond donors (Lipinski definition) is 1. The average Bonchev–Trinajstić information content (AvgIpc) is 2.26. The lowest BCUT2D eigenvalue weighted by atomic mass is 9.83. The van der Waals surface area contributed by atoms with Gasteiger partial charge in [0, 0.05) is 5.54 Å². The fourth-order valence-electron chi connectivity index (χ4n) is 3.20. The highest BCUT2D eigenvalue weighted by atomic mass is 32.2. The molecule has 2 saturated heterocycles. The van der Waals surface area contributed by atoms with E-state index in [0.29, 0.717) is 17.4 Å². The average molecular weight is 259 g/mol. The van der Waals surface area contributed by atoms with E-state index >= 15 is 0 Å². The highest BCUT2D eigenvalue weighted by Gasteiger charge is 2.30. The van der Waals surface area contributed by atoms with Gasteiger partial charge >= 0.3 is 0 Å². The first-order valence-electron chi connectivity index (χ1n) is 6.95. The lowest BCUT2D eigenvalue weighted by Gasteiger charge is -2.36. The van der Waals surface area contributed by atoms with Gasteiger partial charge in [-0.25, -0.2) is 8.42 Å². The Morgan fingerprint density at radius 3 is 2.76 bits per heavy atom. The van der Waals surface area contributed by atoms with Gasteiger partial charge in [0.2, 0.25) is 0 Å². The van der Waals surface area contributed by atoms with E-state index in [-0.39, 0.29) is 5.54 Å². The first-order chi connectivity index (χ1) is 7.99. The molecule has 2 fully saturated rings. The Morgan fingerprint density at radius 2 is 2.12 bits per heavy atom. The Labute approximate surface area is 105 Å². The minimum absolute atomic E-state index is 0.263. The van der Waals surface area contributed by atoms with Crippen LogP contribution < -0.4 is 5.32 Å². The Hall–Kier alpha value is -0.0900. The highest BCUT2D eigenvalue weighted by Crippen LogP contribution is 2.29. The SMILES string of the molecule is CC1(CCC2CCCS(=O)(=O)C2)CCCCN1. The second-order valence-corrected chi connectivity index (χ2v) is 8.33. The smallest absolute Gasteiger partial charge is 0.150 e. The van der Waals surface area contributed by atoms with Crippen molar-refractivity contribution < 1.29 is 8.42 Å². The minimum atomic E-state index is -2.73. The monoisotopic (exact) mass is 259 g/mol. The third kappa shape index (κ3) is 3.95. The van der Waals surface area contributed by atoms with Gasteiger partial charge in [-0.15, -0.1) is 0 Å². The first-order valence-corrected chi connectivity index (χ1v) is 8.77. The predicted octanol–water partition coefficient (Wildman–Crippen LogP) is 2.12. The summed E-state index contributed by atoms with van der Waals surface area (Å²) >= 11 is 0. The summed E-state index contributed by atoms with van der Waals surface area (Å²) in [7, 11) is -2.73. The molecule has 100 valence electrons. The van der Waals surface area contributed by atoms with Crippen molar-refractivity contribution in [3.05, 3.63) is 0 Å². The molecule has 2 aliphatic rings. The molecule has 2 aliphatic heterocycles. The van der Waals surface area contributed by atoms with Gasteiger partial charge < -0.3 is 5.32 Å². The normalized spacial score (nSPS) is 37.8. The second-order valence-electron chi connectivity index (χ2n) is 6.11. The zero-order chi connectivity index (χ0) is 12.4. The summed E-state index contributed by atoms with van der Waals surface area (Å²) in [5.41, 5.74) is 0.263. The molecule has 2 rings (SSSR count). The summed E-state index contributed by atoms with van der Waals surface area (Å²) < 4.78 is 23.2. The zero-order valence-corrected chi connectivity index (χ0v) is 11.7. The summed E-state index contributed by atoms with van der Waals surface area (Å²) in [5.74, 6) is 1.26. The van der Waals surface area contributed by atoms with Crippen molar-refractivity contribution in [1.82, 2.24) is 5.32 Å². The van der Waals surface area contributed by atoms with E-state index in [1.54, 1.807) is 0 Å². The molecule has 0 spiro atoms. The molecule has 0 saturated carbocycles. The number of piperidine rings is 1. The Bertz CT molecular complexity index is 344. The number of rotatable bonds is 3. The Morgan fingerprint density at radius 1 is 1.29 bits per heavy atom. The van der Waals surface area contributed by atoms with Crippen molar-refractivity contribution in [3.8, 4) is 0 Å². The van der Waals surface area contributed by atoms with E-state index in [9.17, 15) is 8.42 Å². The zero-order valence-electron chi connectivity index (χ0n) is 10.9. The van der Waals surface area contributed by atoms with Crippen LogP contribution in [0.5, 0.6) is 0 Å². The van der Waals surface area contributed by atoms with Crippen molar-refractivity contribution in [2.24, 2.45) is 5.92 Å². The van der Waals surface area contributed by atoms with Crippen LogP contribution in [0.25, 0.3) is 0 Å². The molecule has 4 heteroatoms. The van der Waals surface area contributed by atoms with Crippen molar-refractivity contribution in [2.45, 2.75) is 57.4 Å². The van der Waals surface area contributed by atoms with Gasteiger partial charge in [0.15, 0.2) is 9.84 Å². The molecule has 2 atom stereocenters. The molecule has 3 nitrogen and oxygen atoms in total. The third-order valence-corrected chi connectivity index (χ3v) is 6.26. The van der Waals surface area contributed by atoms with Gasteiger partial charge in [0.05, 0.1) is 11.5 Å². The quantitative estimate of drug-likeness (QED) is 0.844. The summed E-state index contributed by atoms with van der Waals surface area (Å²) in [5, 5.41) is 3.61. The summed E-state index contributed by atoms with van der Waals surface area (Å²) in [4.78, 5) is 0. The fraction of sp³-hybridized carbons (Fsp3) is 1.00. The molecule has 0 amide bonds. The molecule has 1 N–H and O–H groups in total. The van der Waals surface area contributed by atoms with E-state index in [2.05, 4.69) is 12.2 Å². The molecule has 0 radical (unpaired) electrons. The molecular formula is C13H25NO2S. The molecule has 0 aromatic carbocycles. The van der Waals surface area contributed by atoms with Gasteiger partial charge in [-0.1, -0.05) is 6.42 Å². The molecule has 0 bridgehead atoms. The van der Waals surface area contributed by atoms with Crippen LogP contribution in [0.3, 0.4) is 0 Å². The van der Waals surface area contributed by atoms with Crippen molar-refractivity contribution in [1.29, 1.82) is 0 Å². The maximum Gasteiger partial charge on any atom is 0.150 e. The van der Waals surface area contributed by atoms with E-state index in [1.165, 1.54) is 19.3 Å². The second kappa shape index (κ2) is 5.27. The van der Waals surface area contributed by atoms with Crippen molar-refractivity contribution in [3.63, 3.8) is 0 Å². The molecule has 2 unspecified atom stereocenters. The molecule has 0 aromatic heterocycles. The number of hydrogen-bond acceptors (Lipinski definition) is 3. The van der Waals surface area contributed by atoms with Crippen LogP contribution in [0, 0.1) is 5.92 Å². The van der Waals surface area contributed by atoms with Crippen LogP contribution in [0.2, 0.25) is 0 Å². The van der Waals surface area contributed by atoms with Crippen LogP contribution in [0.1, 0.15) is 51.9 Å². The van der Waals surface area contributed by atoms with Gasteiger partial charge in [0.1, 0.15) is 0 Å². The lowest BCUT2D eigenvalue weighted by Crippen LogP contribution is -2.46. The molecule has 17 heavy (non-hydrogen) atoms. The van der Waals surface area contributed by atoms with Crippen molar-refractivity contribution in [2.75, 3.05) is 18.1 Å². The standard InChI is InChI=1S/C13H25NO2S/c1-13(7-2-3-9-14-13)8-6-12-5-4-10-17(15,16)11-12/h12,14H,2-11H2,1H3. The van der Waals surface area contributed by atoms with Gasteiger partial charge in [-0.05, 0) is 57.9 Å². The van der Waals surface area contributed by atoms with Crippen LogP contribution in [0.4, 0.5) is 0 Å². The Kier molecular flexibility index (Phi) is 4.14. The maximum atomic E-state index is 11.6. The predicted molar refractivity (Wildman–Crippen MR) is 70.9 cm³/mol. The van der Waals surface area contributed by atoms with E-state index in [0.717, 1.165) is 32.2 Å². The van der Waals surface area contributed by atoms with Gasteiger partial charge in [-0.3, -0.25) is 0 Å². The molecule has 0 aliphatic carbocycles. The molecule has 2 heterocycles. The fourth-order valence-corrected chi connectivity index (χ4v) is 5.02. The van der Waals surface area contributed by atoms with Crippen LogP contribution in [-0.4, -0.2) is 32.0 Å². The summed E-state index contributed by atoms with van der Waals surface area (Å²) in [6, 6.07) is 0. The van der Waals surface area contributed by atoms with Crippen LogP contribution in [0.15, 0.2) is 0 Å². The Balaban J connectivity index is 1.81. The lowest BCUT2D eigenvalue weighted by molar-refractivity contribution is 0.240. The van der Waals surface area contributed by atoms with Crippen LogP contribution in [-0.2, 0) is 9.84 Å². The van der Waals surface area contributed by atoms with E-state index in [1.807, 2.05) is 0 Å². The van der Waals surface area contributed by atoms with Gasteiger partial charge in [0.25, 0.3) is 0 Å². The maximum absolute atomic E-state index is 11.6. The minimum Gasteiger partial charge on any atom is -0.312 e. The highest BCUT2D eigenvalue weighted by molar-refractivity contribution is 7.91. The topological polar surface area (TPSA) is 46.2 Å². The summed E-state index contributed by atoms with van der Waals surface area (Å²) in [6.45, 7) is 3.42.